The van der Waals surface area contributed by atoms with Crippen LogP contribution < -0.4 is 0 Å². The zero-order valence-electron chi connectivity index (χ0n) is 9.03. The van der Waals surface area contributed by atoms with Crippen LogP contribution >= 0.6 is 11.3 Å². The topological polar surface area (TPSA) is 36.7 Å². The van der Waals surface area contributed by atoms with Crippen LogP contribution in [0.3, 0.4) is 0 Å². The summed E-state index contributed by atoms with van der Waals surface area (Å²) in [4.78, 5) is 4.41. The first kappa shape index (κ1) is 10.1. The van der Waals surface area contributed by atoms with E-state index in [0.717, 1.165) is 21.3 Å². The Labute approximate surface area is 93.2 Å². The summed E-state index contributed by atoms with van der Waals surface area (Å²) in [7, 11) is 0. The Bertz CT molecular complexity index is 541. The summed E-state index contributed by atoms with van der Waals surface area (Å²) in [5.41, 5.74) is 1.53. The van der Waals surface area contributed by atoms with Gasteiger partial charge in [-0.05, 0) is 11.4 Å². The lowest BCUT2D eigenvalue weighted by molar-refractivity contribution is 0.568. The SMILES string of the molecule is CC(C)(C)c1ncc2sccc2c1C#N. The number of thiophene rings is 1. The van der Waals surface area contributed by atoms with Gasteiger partial charge in [0.05, 0.1) is 16.0 Å². The van der Waals surface area contributed by atoms with Crippen LogP contribution in [0.2, 0.25) is 0 Å². The van der Waals surface area contributed by atoms with E-state index in [4.69, 9.17) is 0 Å². The standard InChI is InChI=1S/C12H12N2S/c1-12(2,3)11-9(6-13)8-4-5-15-10(8)7-14-11/h4-5,7H,1-3H3. The third-order valence-corrected chi connectivity index (χ3v) is 3.19. The van der Waals surface area contributed by atoms with E-state index >= 15 is 0 Å². The van der Waals surface area contributed by atoms with Gasteiger partial charge in [0.1, 0.15) is 6.07 Å². The molecular weight excluding hydrogens is 204 g/mol. The molecule has 0 N–H and O–H groups in total. The molecule has 0 radical (unpaired) electrons. The first-order chi connectivity index (χ1) is 7.04. The largest absolute Gasteiger partial charge is 0.258 e. The Kier molecular flexibility index (Phi) is 2.24. The quantitative estimate of drug-likeness (QED) is 0.676. The van der Waals surface area contributed by atoms with Crippen molar-refractivity contribution in [2.75, 3.05) is 0 Å². The molecule has 2 aromatic heterocycles. The Morgan fingerprint density at radius 3 is 2.73 bits per heavy atom. The third-order valence-electron chi connectivity index (χ3n) is 2.33. The first-order valence-electron chi connectivity index (χ1n) is 4.81. The van der Waals surface area contributed by atoms with Crippen molar-refractivity contribution in [2.45, 2.75) is 26.2 Å². The van der Waals surface area contributed by atoms with Crippen molar-refractivity contribution in [2.24, 2.45) is 0 Å². The van der Waals surface area contributed by atoms with E-state index in [9.17, 15) is 5.26 Å². The molecule has 0 amide bonds. The van der Waals surface area contributed by atoms with Gasteiger partial charge in [0.2, 0.25) is 0 Å². The van der Waals surface area contributed by atoms with Gasteiger partial charge in [-0.1, -0.05) is 20.8 Å². The van der Waals surface area contributed by atoms with E-state index in [-0.39, 0.29) is 5.41 Å². The number of nitrogens with zero attached hydrogens (tertiary/aromatic N) is 2. The Balaban J connectivity index is 2.82. The average Bonchev–Trinajstić information content (AvgIpc) is 2.61. The fourth-order valence-corrected chi connectivity index (χ4v) is 2.39. The van der Waals surface area contributed by atoms with Gasteiger partial charge >= 0.3 is 0 Å². The number of aromatic nitrogens is 1. The van der Waals surface area contributed by atoms with Crippen LogP contribution in [-0.4, -0.2) is 4.98 Å². The normalized spacial score (nSPS) is 11.6. The van der Waals surface area contributed by atoms with Crippen LogP contribution in [0.1, 0.15) is 32.0 Å². The first-order valence-corrected chi connectivity index (χ1v) is 5.69. The van der Waals surface area contributed by atoms with Crippen molar-refractivity contribution in [1.29, 1.82) is 5.26 Å². The zero-order chi connectivity index (χ0) is 11.1. The summed E-state index contributed by atoms with van der Waals surface area (Å²) >= 11 is 1.62. The fourth-order valence-electron chi connectivity index (χ4n) is 1.62. The molecule has 0 bridgehead atoms. The second kappa shape index (κ2) is 3.32. The van der Waals surface area contributed by atoms with Gasteiger partial charge in [0.25, 0.3) is 0 Å². The molecule has 0 saturated carbocycles. The van der Waals surface area contributed by atoms with E-state index in [1.807, 2.05) is 17.6 Å². The molecule has 0 aliphatic carbocycles. The number of rotatable bonds is 0. The van der Waals surface area contributed by atoms with Crippen molar-refractivity contribution < 1.29 is 0 Å². The maximum absolute atomic E-state index is 9.21. The molecular formula is C12H12N2S. The van der Waals surface area contributed by atoms with E-state index in [2.05, 4.69) is 31.8 Å². The van der Waals surface area contributed by atoms with Crippen LogP contribution in [0.15, 0.2) is 17.6 Å². The molecule has 0 aliphatic rings. The molecule has 0 atom stereocenters. The van der Waals surface area contributed by atoms with Gasteiger partial charge in [0, 0.05) is 17.0 Å². The Hall–Kier alpha value is -1.40. The van der Waals surface area contributed by atoms with E-state index < -0.39 is 0 Å². The van der Waals surface area contributed by atoms with Crippen molar-refractivity contribution in [1.82, 2.24) is 4.98 Å². The smallest absolute Gasteiger partial charge is 0.102 e. The number of pyridine rings is 1. The van der Waals surface area contributed by atoms with Gasteiger partial charge in [-0.15, -0.1) is 11.3 Å². The van der Waals surface area contributed by atoms with Crippen LogP contribution in [-0.2, 0) is 5.41 Å². The third kappa shape index (κ3) is 1.62. The molecule has 0 aromatic carbocycles. The van der Waals surface area contributed by atoms with Crippen molar-refractivity contribution in [3.63, 3.8) is 0 Å². The van der Waals surface area contributed by atoms with Gasteiger partial charge in [-0.2, -0.15) is 5.26 Å². The van der Waals surface area contributed by atoms with E-state index in [1.165, 1.54) is 0 Å². The predicted molar refractivity (Wildman–Crippen MR) is 63.0 cm³/mol. The summed E-state index contributed by atoms with van der Waals surface area (Å²) < 4.78 is 1.08. The molecule has 2 rings (SSSR count). The summed E-state index contributed by atoms with van der Waals surface area (Å²) in [5, 5.41) is 12.2. The number of fused-ring (bicyclic) bond motifs is 1. The highest BCUT2D eigenvalue weighted by molar-refractivity contribution is 7.17. The van der Waals surface area contributed by atoms with Gasteiger partial charge in [0.15, 0.2) is 0 Å². The summed E-state index contributed by atoms with van der Waals surface area (Å²) in [6, 6.07) is 4.27. The molecule has 2 heterocycles. The van der Waals surface area contributed by atoms with Gasteiger partial charge in [-0.3, -0.25) is 4.98 Å². The summed E-state index contributed by atoms with van der Waals surface area (Å²) in [5.74, 6) is 0. The minimum absolute atomic E-state index is 0.0822. The second-order valence-corrected chi connectivity index (χ2v) is 5.49. The molecule has 0 saturated heterocycles. The number of hydrogen-bond acceptors (Lipinski definition) is 3. The van der Waals surface area contributed by atoms with Crippen LogP contribution in [0, 0.1) is 11.3 Å². The maximum atomic E-state index is 9.21. The predicted octanol–water partition coefficient (Wildman–Crippen LogP) is 3.47. The molecule has 0 fully saturated rings. The highest BCUT2D eigenvalue weighted by atomic mass is 32.1. The molecule has 76 valence electrons. The zero-order valence-corrected chi connectivity index (χ0v) is 9.85. The minimum atomic E-state index is -0.0822. The second-order valence-electron chi connectivity index (χ2n) is 4.54. The molecule has 0 unspecified atom stereocenters. The van der Waals surface area contributed by atoms with Crippen LogP contribution in [0.4, 0.5) is 0 Å². The monoisotopic (exact) mass is 216 g/mol. The van der Waals surface area contributed by atoms with Crippen LogP contribution in [0.5, 0.6) is 0 Å². The molecule has 0 spiro atoms. The molecule has 15 heavy (non-hydrogen) atoms. The van der Waals surface area contributed by atoms with Gasteiger partial charge in [-0.25, -0.2) is 0 Å². The molecule has 0 aliphatic heterocycles. The van der Waals surface area contributed by atoms with Crippen molar-refractivity contribution in [3.8, 4) is 6.07 Å². The maximum Gasteiger partial charge on any atom is 0.102 e. The van der Waals surface area contributed by atoms with E-state index in [1.54, 1.807) is 11.3 Å². The van der Waals surface area contributed by atoms with Crippen LogP contribution in [0.25, 0.3) is 10.1 Å². The highest BCUT2D eigenvalue weighted by Crippen LogP contribution is 2.30. The lowest BCUT2D eigenvalue weighted by Gasteiger charge is -2.19. The molecule has 2 nitrogen and oxygen atoms in total. The summed E-state index contributed by atoms with van der Waals surface area (Å²) in [6.07, 6.45) is 1.86. The van der Waals surface area contributed by atoms with Crippen molar-refractivity contribution >= 4 is 21.4 Å². The Morgan fingerprint density at radius 2 is 2.13 bits per heavy atom. The lowest BCUT2D eigenvalue weighted by atomic mass is 9.88. The fraction of sp³-hybridized carbons (Fsp3) is 0.333. The van der Waals surface area contributed by atoms with E-state index in [0.29, 0.717) is 0 Å². The van der Waals surface area contributed by atoms with Gasteiger partial charge < -0.3 is 0 Å². The molecule has 3 heteroatoms. The number of nitriles is 1. The van der Waals surface area contributed by atoms with Crippen molar-refractivity contribution in [3.05, 3.63) is 28.9 Å². The highest BCUT2D eigenvalue weighted by Gasteiger charge is 2.21. The Morgan fingerprint density at radius 1 is 1.40 bits per heavy atom. The molecule has 2 aromatic rings. The number of hydrogen-bond donors (Lipinski definition) is 0. The minimum Gasteiger partial charge on any atom is -0.258 e. The summed E-state index contributed by atoms with van der Waals surface area (Å²) in [6.45, 7) is 6.23. The lowest BCUT2D eigenvalue weighted by Crippen LogP contribution is -2.15. The average molecular weight is 216 g/mol.